The molecular formula is C9H17N2O+. The van der Waals surface area contributed by atoms with Crippen molar-refractivity contribution >= 4 is 5.71 Å². The zero-order valence-corrected chi connectivity index (χ0v) is 8.51. The van der Waals surface area contributed by atoms with E-state index in [0.29, 0.717) is 0 Å². The second-order valence-electron chi connectivity index (χ2n) is 4.26. The molecule has 0 unspecified atom stereocenters. The van der Waals surface area contributed by atoms with Crippen molar-refractivity contribution in [1.82, 2.24) is 0 Å². The Morgan fingerprint density at radius 3 is 2.00 bits per heavy atom. The first-order valence-corrected chi connectivity index (χ1v) is 4.39. The molecule has 0 radical (unpaired) electrons. The van der Waals surface area contributed by atoms with Crippen molar-refractivity contribution in [2.24, 2.45) is 4.99 Å². The summed E-state index contributed by atoms with van der Waals surface area (Å²) >= 11 is 0. The van der Waals surface area contributed by atoms with Gasteiger partial charge in [0.1, 0.15) is 0 Å². The van der Waals surface area contributed by atoms with Crippen LogP contribution in [-0.2, 0) is 0 Å². The Morgan fingerprint density at radius 2 is 1.83 bits per heavy atom. The van der Waals surface area contributed by atoms with Gasteiger partial charge in [0.2, 0.25) is 5.54 Å². The van der Waals surface area contributed by atoms with Crippen LogP contribution >= 0.6 is 0 Å². The fraction of sp³-hybridized carbons (Fsp3) is 0.889. The SMILES string of the molecule is CCC1=NC(C)(C)[N+](=O)C1(C)C. The second-order valence-corrected chi connectivity index (χ2v) is 4.26. The molecule has 0 aliphatic carbocycles. The fourth-order valence-electron chi connectivity index (χ4n) is 1.83. The molecule has 68 valence electrons. The first-order chi connectivity index (χ1) is 5.32. The molecule has 1 heterocycles. The minimum atomic E-state index is -0.575. The van der Waals surface area contributed by atoms with Crippen LogP contribution in [0.1, 0.15) is 41.0 Å². The number of hydrogen-bond donors (Lipinski definition) is 0. The van der Waals surface area contributed by atoms with Gasteiger partial charge in [-0.15, -0.1) is 0 Å². The average molecular weight is 169 g/mol. The maximum atomic E-state index is 11.7. The fourth-order valence-corrected chi connectivity index (χ4v) is 1.83. The van der Waals surface area contributed by atoms with Gasteiger partial charge in [0.15, 0.2) is 0 Å². The van der Waals surface area contributed by atoms with Crippen LogP contribution in [0.2, 0.25) is 0 Å². The highest BCUT2D eigenvalue weighted by atomic mass is 16.3. The molecule has 0 saturated heterocycles. The molecular weight excluding hydrogens is 152 g/mol. The third-order valence-electron chi connectivity index (χ3n) is 2.45. The predicted octanol–water partition coefficient (Wildman–Crippen LogP) is 2.14. The van der Waals surface area contributed by atoms with E-state index < -0.39 is 11.2 Å². The van der Waals surface area contributed by atoms with Crippen molar-refractivity contribution in [3.63, 3.8) is 0 Å². The molecule has 0 amide bonds. The summed E-state index contributed by atoms with van der Waals surface area (Å²) in [5.74, 6) is 0. The minimum absolute atomic E-state index is 0.418. The van der Waals surface area contributed by atoms with Crippen molar-refractivity contribution in [2.45, 2.75) is 52.2 Å². The van der Waals surface area contributed by atoms with Crippen LogP contribution in [0.25, 0.3) is 0 Å². The third-order valence-corrected chi connectivity index (χ3v) is 2.45. The van der Waals surface area contributed by atoms with E-state index in [9.17, 15) is 4.91 Å². The minimum Gasteiger partial charge on any atom is -0.213 e. The lowest BCUT2D eigenvalue weighted by Gasteiger charge is -2.12. The van der Waals surface area contributed by atoms with E-state index in [0.717, 1.165) is 16.9 Å². The number of rotatable bonds is 1. The Morgan fingerprint density at radius 1 is 1.33 bits per heavy atom. The molecule has 12 heavy (non-hydrogen) atoms. The van der Waals surface area contributed by atoms with Crippen LogP contribution < -0.4 is 0 Å². The summed E-state index contributed by atoms with van der Waals surface area (Å²) < 4.78 is 1.08. The van der Waals surface area contributed by atoms with Gasteiger partial charge < -0.3 is 0 Å². The van der Waals surface area contributed by atoms with Crippen molar-refractivity contribution < 1.29 is 4.76 Å². The molecule has 0 spiro atoms. The molecule has 3 nitrogen and oxygen atoms in total. The molecule has 0 aromatic carbocycles. The van der Waals surface area contributed by atoms with Crippen molar-refractivity contribution in [3.8, 4) is 0 Å². The van der Waals surface area contributed by atoms with Gasteiger partial charge in [-0.25, -0.2) is 4.99 Å². The average Bonchev–Trinajstić information content (AvgIpc) is 2.11. The topological polar surface area (TPSA) is 32.4 Å². The number of aliphatic imine (C=N–C) groups is 1. The highest BCUT2D eigenvalue weighted by molar-refractivity contribution is 5.92. The summed E-state index contributed by atoms with van der Waals surface area (Å²) in [7, 11) is 0. The molecule has 0 saturated carbocycles. The van der Waals surface area contributed by atoms with E-state index in [2.05, 4.69) is 4.99 Å². The monoisotopic (exact) mass is 169 g/mol. The molecule has 1 rings (SSSR count). The van der Waals surface area contributed by atoms with E-state index in [-0.39, 0.29) is 0 Å². The Hall–Kier alpha value is -0.730. The Bertz CT molecular complexity index is 251. The van der Waals surface area contributed by atoms with E-state index >= 15 is 0 Å². The van der Waals surface area contributed by atoms with Gasteiger partial charge in [0.25, 0.3) is 5.66 Å². The molecule has 3 heteroatoms. The highest BCUT2D eigenvalue weighted by Crippen LogP contribution is 2.30. The Kier molecular flexibility index (Phi) is 1.85. The van der Waals surface area contributed by atoms with Gasteiger partial charge in [-0.1, -0.05) is 6.92 Å². The van der Waals surface area contributed by atoms with Gasteiger partial charge in [-0.3, -0.25) is 0 Å². The number of nitroso groups, excluding NO2 is 1. The van der Waals surface area contributed by atoms with Crippen LogP contribution in [0, 0.1) is 4.91 Å². The largest absolute Gasteiger partial charge is 0.298 e. The zero-order chi connectivity index (χ0) is 9.57. The molecule has 1 aliphatic rings. The number of nitrogens with zero attached hydrogens (tertiary/aromatic N) is 2. The molecule has 0 atom stereocenters. The maximum absolute atomic E-state index is 11.7. The summed E-state index contributed by atoms with van der Waals surface area (Å²) in [4.78, 5) is 16.1. The van der Waals surface area contributed by atoms with Crippen LogP contribution in [-0.4, -0.2) is 21.7 Å². The lowest BCUT2D eigenvalue weighted by molar-refractivity contribution is -0.653. The van der Waals surface area contributed by atoms with Gasteiger partial charge >= 0.3 is 0 Å². The summed E-state index contributed by atoms with van der Waals surface area (Å²) in [6.07, 6.45) is 0.856. The molecule has 0 fully saturated rings. The van der Waals surface area contributed by atoms with Crippen molar-refractivity contribution in [2.75, 3.05) is 0 Å². The summed E-state index contributed by atoms with van der Waals surface area (Å²) in [6, 6.07) is 0. The van der Waals surface area contributed by atoms with E-state index in [1.165, 1.54) is 0 Å². The van der Waals surface area contributed by atoms with E-state index in [1.54, 1.807) is 0 Å². The molecule has 0 N–H and O–H groups in total. The van der Waals surface area contributed by atoms with Crippen LogP contribution in [0.15, 0.2) is 4.99 Å². The van der Waals surface area contributed by atoms with E-state index in [1.807, 2.05) is 34.6 Å². The zero-order valence-electron chi connectivity index (χ0n) is 8.51. The molecule has 1 aliphatic heterocycles. The summed E-state index contributed by atoms with van der Waals surface area (Å²) in [6.45, 7) is 9.60. The highest BCUT2D eigenvalue weighted by Gasteiger charge is 2.55. The Labute approximate surface area is 73.5 Å². The first kappa shape index (κ1) is 9.36. The van der Waals surface area contributed by atoms with Crippen LogP contribution in [0.5, 0.6) is 0 Å². The van der Waals surface area contributed by atoms with E-state index in [4.69, 9.17) is 0 Å². The van der Waals surface area contributed by atoms with Gasteiger partial charge in [0.05, 0.1) is 5.71 Å². The predicted molar refractivity (Wildman–Crippen MR) is 49.5 cm³/mol. The van der Waals surface area contributed by atoms with Crippen LogP contribution in [0.3, 0.4) is 0 Å². The first-order valence-electron chi connectivity index (χ1n) is 4.39. The Balaban J connectivity index is 3.12. The summed E-state index contributed by atoms with van der Waals surface area (Å²) in [5.41, 5.74) is 0.00935. The lowest BCUT2D eigenvalue weighted by Crippen LogP contribution is -2.43. The normalized spacial score (nSPS) is 25.8. The second kappa shape index (κ2) is 2.38. The number of hydrogen-bond acceptors (Lipinski definition) is 2. The lowest BCUT2D eigenvalue weighted by atomic mass is 9.97. The van der Waals surface area contributed by atoms with Gasteiger partial charge in [-0.2, -0.15) is 0 Å². The quantitative estimate of drug-likeness (QED) is 0.553. The van der Waals surface area contributed by atoms with Crippen LogP contribution in [0.4, 0.5) is 0 Å². The van der Waals surface area contributed by atoms with Gasteiger partial charge in [0, 0.05) is 37.4 Å². The smallest absolute Gasteiger partial charge is 0.213 e. The van der Waals surface area contributed by atoms with Crippen molar-refractivity contribution in [3.05, 3.63) is 4.91 Å². The van der Waals surface area contributed by atoms with Gasteiger partial charge in [-0.05, 0) is 6.42 Å². The summed E-state index contributed by atoms with van der Waals surface area (Å²) in [5, 5.41) is 0. The maximum Gasteiger partial charge on any atom is 0.298 e. The molecule has 0 aromatic rings. The third kappa shape index (κ3) is 1.08. The standard InChI is InChI=1S/C9H17N2O/c1-6-7-8(2,3)11(12)9(4,5)10-7/h6H2,1-5H3/q+1. The molecule has 0 aromatic heterocycles. The molecule has 0 bridgehead atoms. The van der Waals surface area contributed by atoms with Crippen molar-refractivity contribution in [1.29, 1.82) is 0 Å².